The van der Waals surface area contributed by atoms with Gasteiger partial charge in [0.1, 0.15) is 6.10 Å². The third-order valence-electron chi connectivity index (χ3n) is 13.2. The molecule has 6 heteroatoms. The molecular formula is C33H54O6. The molecule has 2 spiro atoms. The van der Waals surface area contributed by atoms with Crippen LogP contribution in [0.15, 0.2) is 0 Å². The Balaban J connectivity index is 1.25. The number of hydrogen-bond acceptors (Lipinski definition) is 6. The Morgan fingerprint density at radius 3 is 2.28 bits per heavy atom. The number of hydrogen-bond donors (Lipinski definition) is 0. The lowest BCUT2D eigenvalue weighted by Crippen LogP contribution is -2.63. The molecule has 1 aliphatic heterocycles. The molecule has 5 saturated carbocycles. The predicted octanol–water partition coefficient (Wildman–Crippen LogP) is 8.14. The first-order chi connectivity index (χ1) is 18.6. The molecule has 39 heavy (non-hydrogen) atoms. The molecule has 10 atom stereocenters. The van der Waals surface area contributed by atoms with Gasteiger partial charge in [0.05, 0.1) is 0 Å². The van der Waals surface area contributed by atoms with Crippen LogP contribution in [0, 0.1) is 52.3 Å². The molecule has 222 valence electrons. The number of fused-ring (bicyclic) bond motifs is 5. The molecule has 6 fully saturated rings. The van der Waals surface area contributed by atoms with Crippen molar-refractivity contribution >= 4 is 5.97 Å². The van der Waals surface area contributed by atoms with E-state index in [1.165, 1.54) is 38.5 Å². The lowest BCUT2D eigenvalue weighted by atomic mass is 9.41. The average molecular weight is 547 g/mol. The highest BCUT2D eigenvalue weighted by Crippen LogP contribution is 2.71. The van der Waals surface area contributed by atoms with E-state index in [-0.39, 0.29) is 22.9 Å². The minimum Gasteiger partial charge on any atom is -0.462 e. The summed E-state index contributed by atoms with van der Waals surface area (Å²) in [5, 5.41) is 0. The second-order valence-corrected chi connectivity index (χ2v) is 15.3. The molecule has 0 bridgehead atoms. The van der Waals surface area contributed by atoms with Gasteiger partial charge in [-0.1, -0.05) is 53.9 Å². The minimum absolute atomic E-state index is 0.00623. The Kier molecular flexibility index (Phi) is 7.46. The van der Waals surface area contributed by atoms with Gasteiger partial charge in [0.25, 0.3) is 0 Å². The summed E-state index contributed by atoms with van der Waals surface area (Å²) in [6, 6.07) is 0. The van der Waals surface area contributed by atoms with Gasteiger partial charge in [0.15, 0.2) is 0 Å². The molecule has 0 aromatic carbocycles. The highest BCUT2D eigenvalue weighted by atomic mass is 17.4. The lowest BCUT2D eigenvalue weighted by molar-refractivity contribution is -0.665. The molecule has 5 unspecified atom stereocenters. The molecule has 1 saturated heterocycles. The standard InChI is InChI=1S/C33H54O6/c1-7-11-21(2)25-12-13-26-29-22(3)18-24-20-33(38-36-32(37-39-33)14-9-8-10-15-32)17-16-30(24,5)27(29)19-28(31(25,26)6)35-23(4)34/h21-22,24-29H,7-20H2,1-6H3/t21?,22-,24-,25?,26?,27?,28+,29?,30+,31-/m1/s1. The van der Waals surface area contributed by atoms with Crippen LogP contribution in [0.1, 0.15) is 131 Å². The summed E-state index contributed by atoms with van der Waals surface area (Å²) in [5.41, 5.74) is 0.238. The summed E-state index contributed by atoms with van der Waals surface area (Å²) in [7, 11) is 0. The molecule has 0 radical (unpaired) electrons. The Morgan fingerprint density at radius 1 is 0.923 bits per heavy atom. The van der Waals surface area contributed by atoms with E-state index in [1.807, 2.05) is 0 Å². The van der Waals surface area contributed by atoms with Crippen molar-refractivity contribution in [3.05, 3.63) is 0 Å². The number of esters is 1. The van der Waals surface area contributed by atoms with Crippen molar-refractivity contribution in [1.82, 2.24) is 0 Å². The molecule has 0 amide bonds. The van der Waals surface area contributed by atoms with Crippen LogP contribution < -0.4 is 0 Å². The van der Waals surface area contributed by atoms with E-state index in [1.54, 1.807) is 6.92 Å². The quantitative estimate of drug-likeness (QED) is 0.262. The summed E-state index contributed by atoms with van der Waals surface area (Å²) in [6.45, 7) is 13.9. The molecule has 5 aliphatic carbocycles. The van der Waals surface area contributed by atoms with Gasteiger partial charge in [0, 0.05) is 38.0 Å². The second-order valence-electron chi connectivity index (χ2n) is 15.3. The molecule has 0 N–H and O–H groups in total. The van der Waals surface area contributed by atoms with Crippen LogP contribution in [0.5, 0.6) is 0 Å². The zero-order valence-corrected chi connectivity index (χ0v) is 25.5. The SMILES string of the molecule is CCCC(C)C1CCC2C3C(C[C@H](OC(C)=O)[C@]12C)[C@@]1(C)CCC2(C[C@H]1C[C@H]3C)OOC1(CCCCC1)OO2. The van der Waals surface area contributed by atoms with E-state index in [0.717, 1.165) is 51.4 Å². The largest absolute Gasteiger partial charge is 0.462 e. The van der Waals surface area contributed by atoms with E-state index < -0.39 is 11.6 Å². The normalized spacial score (nSPS) is 47.2. The van der Waals surface area contributed by atoms with Gasteiger partial charge in [-0.15, -0.1) is 0 Å². The number of carbonyl (C=O) groups is 1. The third-order valence-corrected chi connectivity index (χ3v) is 13.2. The van der Waals surface area contributed by atoms with Gasteiger partial charge in [-0.25, -0.2) is 0 Å². The zero-order chi connectivity index (χ0) is 27.6. The third kappa shape index (κ3) is 4.53. The molecule has 6 nitrogen and oxygen atoms in total. The first kappa shape index (κ1) is 28.4. The molecule has 0 aromatic rings. The van der Waals surface area contributed by atoms with E-state index in [2.05, 4.69) is 34.6 Å². The van der Waals surface area contributed by atoms with E-state index in [9.17, 15) is 4.79 Å². The monoisotopic (exact) mass is 546 g/mol. The van der Waals surface area contributed by atoms with Crippen LogP contribution in [0.2, 0.25) is 0 Å². The van der Waals surface area contributed by atoms with Gasteiger partial charge in [-0.3, -0.25) is 4.79 Å². The molecule has 6 aliphatic rings. The maximum Gasteiger partial charge on any atom is 0.302 e. The highest BCUT2D eigenvalue weighted by Gasteiger charge is 2.68. The Bertz CT molecular complexity index is 904. The predicted molar refractivity (Wildman–Crippen MR) is 148 cm³/mol. The van der Waals surface area contributed by atoms with Crippen LogP contribution >= 0.6 is 0 Å². The lowest BCUT2D eigenvalue weighted by Gasteiger charge is -2.65. The average Bonchev–Trinajstić information content (AvgIpc) is 3.26. The Hall–Kier alpha value is -0.690. The van der Waals surface area contributed by atoms with Crippen LogP contribution in [-0.2, 0) is 29.1 Å². The van der Waals surface area contributed by atoms with Gasteiger partial charge in [-0.2, -0.15) is 19.6 Å². The minimum atomic E-state index is -0.800. The van der Waals surface area contributed by atoms with Gasteiger partial charge in [-0.05, 0) is 91.8 Å². The maximum atomic E-state index is 12.5. The topological polar surface area (TPSA) is 63.2 Å². The van der Waals surface area contributed by atoms with Crippen molar-refractivity contribution < 1.29 is 29.1 Å². The summed E-state index contributed by atoms with van der Waals surface area (Å²) in [5.74, 6) is 2.61. The summed E-state index contributed by atoms with van der Waals surface area (Å²) in [6.07, 6.45) is 14.9. The van der Waals surface area contributed by atoms with Crippen molar-refractivity contribution in [2.24, 2.45) is 52.3 Å². The fourth-order valence-corrected chi connectivity index (χ4v) is 11.3. The zero-order valence-electron chi connectivity index (χ0n) is 25.5. The first-order valence-corrected chi connectivity index (χ1v) is 16.5. The summed E-state index contributed by atoms with van der Waals surface area (Å²) in [4.78, 5) is 36.9. The fourth-order valence-electron chi connectivity index (χ4n) is 11.3. The van der Waals surface area contributed by atoms with Crippen LogP contribution in [0.25, 0.3) is 0 Å². The molecule has 6 rings (SSSR count). The van der Waals surface area contributed by atoms with Gasteiger partial charge in [0.2, 0.25) is 11.6 Å². The van der Waals surface area contributed by atoms with Gasteiger partial charge >= 0.3 is 5.97 Å². The number of ether oxygens (including phenoxy) is 1. The molecular weight excluding hydrogens is 492 g/mol. The van der Waals surface area contributed by atoms with E-state index in [0.29, 0.717) is 41.4 Å². The van der Waals surface area contributed by atoms with Crippen molar-refractivity contribution in [3.63, 3.8) is 0 Å². The van der Waals surface area contributed by atoms with E-state index in [4.69, 9.17) is 24.3 Å². The summed E-state index contributed by atoms with van der Waals surface area (Å²) < 4.78 is 6.32. The molecule has 0 aromatic heterocycles. The van der Waals surface area contributed by atoms with Crippen LogP contribution in [-0.4, -0.2) is 23.6 Å². The first-order valence-electron chi connectivity index (χ1n) is 16.5. The van der Waals surface area contributed by atoms with Crippen LogP contribution in [0.4, 0.5) is 0 Å². The van der Waals surface area contributed by atoms with Crippen molar-refractivity contribution in [1.29, 1.82) is 0 Å². The molecule has 1 heterocycles. The van der Waals surface area contributed by atoms with Crippen molar-refractivity contribution in [3.8, 4) is 0 Å². The van der Waals surface area contributed by atoms with Crippen molar-refractivity contribution in [2.75, 3.05) is 0 Å². The summed E-state index contributed by atoms with van der Waals surface area (Å²) >= 11 is 0. The second kappa shape index (κ2) is 10.2. The Labute approximate surface area is 236 Å². The number of rotatable bonds is 4. The van der Waals surface area contributed by atoms with E-state index >= 15 is 0 Å². The Morgan fingerprint density at radius 2 is 1.62 bits per heavy atom. The van der Waals surface area contributed by atoms with Crippen molar-refractivity contribution in [2.45, 2.75) is 149 Å². The maximum absolute atomic E-state index is 12.5. The number of carbonyl (C=O) groups excluding carboxylic acids is 1. The highest BCUT2D eigenvalue weighted by molar-refractivity contribution is 5.66. The fraction of sp³-hybridized carbons (Fsp3) is 0.970. The van der Waals surface area contributed by atoms with Crippen LogP contribution in [0.3, 0.4) is 0 Å². The van der Waals surface area contributed by atoms with Gasteiger partial charge < -0.3 is 4.74 Å². The smallest absolute Gasteiger partial charge is 0.302 e.